The maximum atomic E-state index is 11.7. The van der Waals surface area contributed by atoms with E-state index in [1.807, 2.05) is 20.8 Å². The van der Waals surface area contributed by atoms with Gasteiger partial charge < -0.3 is 9.30 Å². The summed E-state index contributed by atoms with van der Waals surface area (Å²) in [7, 11) is -1.98. The molecule has 0 amide bonds. The van der Waals surface area contributed by atoms with Gasteiger partial charge in [0.25, 0.3) is 0 Å². The topological polar surface area (TPSA) is 55.4 Å². The number of rotatable bonds is 4. The fourth-order valence-electron chi connectivity index (χ4n) is 0.806. The number of carbonyl (C=O) groups is 1. The molecule has 0 aliphatic heterocycles. The first-order chi connectivity index (χ1) is 6.64. The zero-order valence-electron chi connectivity index (χ0n) is 10.4. The molecule has 90 valence electrons. The molecule has 0 aromatic rings. The average molecular weight is 235 g/mol. The SMILES string of the molecule is CC(C)OC(=O)[C@H](C)N[PH](=O)C(C)(C)C. The molecular weight excluding hydrogens is 213 g/mol. The van der Waals surface area contributed by atoms with E-state index >= 15 is 0 Å². The van der Waals surface area contributed by atoms with Crippen molar-refractivity contribution in [2.24, 2.45) is 0 Å². The third kappa shape index (κ3) is 5.95. The van der Waals surface area contributed by atoms with Crippen LogP contribution in [0.4, 0.5) is 0 Å². The number of nitrogens with one attached hydrogen (secondary N) is 1. The van der Waals surface area contributed by atoms with Gasteiger partial charge in [0, 0.05) is 5.16 Å². The molecule has 1 N–H and O–H groups in total. The summed E-state index contributed by atoms with van der Waals surface area (Å²) in [5.41, 5.74) is 0. The van der Waals surface area contributed by atoms with Crippen molar-refractivity contribution in [3.63, 3.8) is 0 Å². The molecule has 2 atom stereocenters. The Balaban J connectivity index is 4.20. The predicted octanol–water partition coefficient (Wildman–Crippen LogP) is 2.19. The van der Waals surface area contributed by atoms with E-state index in [1.54, 1.807) is 20.8 Å². The van der Waals surface area contributed by atoms with Crippen molar-refractivity contribution in [1.82, 2.24) is 5.09 Å². The molecule has 5 heteroatoms. The Labute approximate surface area is 92.6 Å². The number of carbonyl (C=O) groups excluding carboxylic acids is 1. The molecule has 0 aromatic carbocycles. The highest BCUT2D eigenvalue weighted by Gasteiger charge is 2.24. The van der Waals surface area contributed by atoms with Gasteiger partial charge in [0.15, 0.2) is 0 Å². The normalized spacial score (nSPS) is 16.2. The van der Waals surface area contributed by atoms with Crippen molar-refractivity contribution in [1.29, 1.82) is 0 Å². The van der Waals surface area contributed by atoms with Gasteiger partial charge >= 0.3 is 5.97 Å². The molecule has 0 fully saturated rings. The first kappa shape index (κ1) is 14.7. The first-order valence-electron chi connectivity index (χ1n) is 5.16. The molecule has 0 aromatic heterocycles. The lowest BCUT2D eigenvalue weighted by Gasteiger charge is -2.22. The van der Waals surface area contributed by atoms with Gasteiger partial charge in [-0.25, -0.2) is 0 Å². The van der Waals surface area contributed by atoms with Crippen LogP contribution in [0.5, 0.6) is 0 Å². The van der Waals surface area contributed by atoms with Crippen LogP contribution in [0.25, 0.3) is 0 Å². The van der Waals surface area contributed by atoms with E-state index in [-0.39, 0.29) is 17.2 Å². The highest BCUT2D eigenvalue weighted by Crippen LogP contribution is 2.34. The van der Waals surface area contributed by atoms with Crippen molar-refractivity contribution in [2.75, 3.05) is 0 Å². The smallest absolute Gasteiger partial charge is 0.323 e. The summed E-state index contributed by atoms with van der Waals surface area (Å²) in [6.45, 7) is 10.9. The summed E-state index contributed by atoms with van der Waals surface area (Å²) in [6, 6.07) is -0.516. The van der Waals surface area contributed by atoms with Gasteiger partial charge in [0.1, 0.15) is 14.0 Å². The van der Waals surface area contributed by atoms with E-state index < -0.39 is 14.0 Å². The number of hydrogen-bond acceptors (Lipinski definition) is 3. The van der Waals surface area contributed by atoms with Gasteiger partial charge in [-0.3, -0.25) is 9.88 Å². The van der Waals surface area contributed by atoms with E-state index in [0.717, 1.165) is 0 Å². The summed E-state index contributed by atoms with van der Waals surface area (Å²) in [5.74, 6) is -0.354. The molecule has 0 spiro atoms. The predicted molar refractivity (Wildman–Crippen MR) is 62.6 cm³/mol. The largest absolute Gasteiger partial charge is 0.462 e. The molecule has 0 radical (unpaired) electrons. The Kier molecular flexibility index (Phi) is 5.54. The Morgan fingerprint density at radius 2 is 1.73 bits per heavy atom. The van der Waals surface area contributed by atoms with Crippen molar-refractivity contribution in [3.05, 3.63) is 0 Å². The Hall–Kier alpha value is -0.340. The maximum absolute atomic E-state index is 11.7. The summed E-state index contributed by atoms with van der Waals surface area (Å²) in [5, 5.41) is 2.49. The van der Waals surface area contributed by atoms with E-state index in [9.17, 15) is 9.36 Å². The fraction of sp³-hybridized carbons (Fsp3) is 0.900. The second-order valence-corrected chi connectivity index (χ2v) is 7.38. The molecule has 4 nitrogen and oxygen atoms in total. The van der Waals surface area contributed by atoms with Crippen molar-refractivity contribution in [3.8, 4) is 0 Å². The number of ether oxygens (including phenoxy) is 1. The average Bonchev–Trinajstić information content (AvgIpc) is 2.00. The quantitative estimate of drug-likeness (QED) is 0.599. The zero-order chi connectivity index (χ0) is 12.2. The molecular formula is C10H22NO3P. The second-order valence-electron chi connectivity index (χ2n) is 4.93. The van der Waals surface area contributed by atoms with E-state index in [1.165, 1.54) is 0 Å². The van der Waals surface area contributed by atoms with Gasteiger partial charge in [-0.1, -0.05) is 20.8 Å². The van der Waals surface area contributed by atoms with Crippen LogP contribution >= 0.6 is 7.95 Å². The standard InChI is InChI=1S/C10H22NO3P/c1-7(2)14-9(12)8(3)11-15(13)10(4,5)6/h7-8,15H,1-6H3,(H,11,13)/t8-/m0/s1. The summed E-state index contributed by atoms with van der Waals surface area (Å²) in [6.07, 6.45) is -0.140. The highest BCUT2D eigenvalue weighted by atomic mass is 31.1. The Bertz CT molecular complexity index is 246. The van der Waals surface area contributed by atoms with Crippen LogP contribution in [-0.4, -0.2) is 23.3 Å². The molecule has 0 rings (SSSR count). The highest BCUT2D eigenvalue weighted by molar-refractivity contribution is 7.44. The summed E-state index contributed by atoms with van der Waals surface area (Å²) >= 11 is 0. The molecule has 0 heterocycles. The molecule has 0 saturated heterocycles. The monoisotopic (exact) mass is 235 g/mol. The van der Waals surface area contributed by atoms with Crippen molar-refractivity contribution in [2.45, 2.75) is 58.8 Å². The first-order valence-corrected chi connectivity index (χ1v) is 6.57. The fourth-order valence-corrected chi connectivity index (χ4v) is 1.75. The number of esters is 1. The molecule has 0 bridgehead atoms. The van der Waals surface area contributed by atoms with E-state index in [2.05, 4.69) is 5.09 Å². The lowest BCUT2D eigenvalue weighted by Crippen LogP contribution is -2.35. The maximum Gasteiger partial charge on any atom is 0.323 e. The van der Waals surface area contributed by atoms with Gasteiger partial charge in [-0.15, -0.1) is 0 Å². The summed E-state index contributed by atoms with van der Waals surface area (Å²) < 4.78 is 16.7. The Morgan fingerprint density at radius 3 is 2.07 bits per heavy atom. The van der Waals surface area contributed by atoms with E-state index in [0.29, 0.717) is 0 Å². The molecule has 0 saturated carbocycles. The minimum Gasteiger partial charge on any atom is -0.462 e. The van der Waals surface area contributed by atoms with Crippen LogP contribution in [-0.2, 0) is 14.1 Å². The van der Waals surface area contributed by atoms with Gasteiger partial charge in [-0.05, 0) is 20.8 Å². The number of hydrogen-bond donors (Lipinski definition) is 1. The van der Waals surface area contributed by atoms with Crippen LogP contribution in [0, 0.1) is 0 Å². The lowest BCUT2D eigenvalue weighted by molar-refractivity contribution is -0.148. The van der Waals surface area contributed by atoms with Crippen LogP contribution < -0.4 is 5.09 Å². The van der Waals surface area contributed by atoms with Crippen LogP contribution in [0.15, 0.2) is 0 Å². The van der Waals surface area contributed by atoms with Crippen molar-refractivity contribution >= 4 is 13.9 Å². The minimum absolute atomic E-state index is 0.140. The lowest BCUT2D eigenvalue weighted by atomic mass is 10.3. The zero-order valence-corrected chi connectivity index (χ0v) is 11.4. The molecule has 0 aliphatic carbocycles. The van der Waals surface area contributed by atoms with E-state index in [4.69, 9.17) is 4.74 Å². The van der Waals surface area contributed by atoms with Crippen molar-refractivity contribution < 1.29 is 14.1 Å². The third-order valence-corrected chi connectivity index (χ3v) is 3.79. The van der Waals surface area contributed by atoms with Gasteiger partial charge in [0.2, 0.25) is 0 Å². The second kappa shape index (κ2) is 5.66. The molecule has 1 unspecified atom stereocenters. The molecule has 15 heavy (non-hydrogen) atoms. The van der Waals surface area contributed by atoms with Gasteiger partial charge in [-0.2, -0.15) is 0 Å². The van der Waals surface area contributed by atoms with Gasteiger partial charge in [0.05, 0.1) is 6.10 Å². The minimum atomic E-state index is -1.98. The Morgan fingerprint density at radius 1 is 1.27 bits per heavy atom. The van der Waals surface area contributed by atoms with Crippen LogP contribution in [0.1, 0.15) is 41.5 Å². The van der Waals surface area contributed by atoms with Crippen LogP contribution in [0.2, 0.25) is 0 Å². The summed E-state index contributed by atoms with van der Waals surface area (Å²) in [4.78, 5) is 11.4. The van der Waals surface area contributed by atoms with Crippen LogP contribution in [0.3, 0.4) is 0 Å². The molecule has 0 aliphatic rings. The third-order valence-electron chi connectivity index (χ3n) is 1.73.